The molecule has 0 bridgehead atoms. The van der Waals surface area contributed by atoms with E-state index in [9.17, 15) is 22.8 Å². The second kappa shape index (κ2) is 9.82. The van der Waals surface area contributed by atoms with E-state index >= 15 is 0 Å². The number of ether oxygens (including phenoxy) is 1. The van der Waals surface area contributed by atoms with Crippen LogP contribution >= 0.6 is 0 Å². The molecule has 4 rings (SSSR count). The van der Waals surface area contributed by atoms with Gasteiger partial charge in [0, 0.05) is 31.0 Å². The van der Waals surface area contributed by atoms with E-state index in [0.29, 0.717) is 31.9 Å². The van der Waals surface area contributed by atoms with E-state index in [4.69, 9.17) is 4.74 Å². The quantitative estimate of drug-likeness (QED) is 0.616. The predicted molar refractivity (Wildman–Crippen MR) is 121 cm³/mol. The van der Waals surface area contributed by atoms with Crippen LogP contribution in [0.3, 0.4) is 0 Å². The average molecular weight is 471 g/mol. The number of aromatic nitrogens is 1. The summed E-state index contributed by atoms with van der Waals surface area (Å²) in [5.74, 6) is -0.641. The van der Waals surface area contributed by atoms with Crippen LogP contribution in [0.1, 0.15) is 27.2 Å². The Hall–Kier alpha value is -3.43. The van der Waals surface area contributed by atoms with Crippen molar-refractivity contribution in [1.29, 1.82) is 0 Å². The first-order valence-electron chi connectivity index (χ1n) is 10.8. The molecule has 1 N–H and O–H groups in total. The zero-order chi connectivity index (χ0) is 24.3. The topological polar surface area (TPSA) is 63.6 Å². The number of aryl methyl sites for hydroxylation is 1. The SMILES string of the molecule is Cc1ccc(C(=O)NC2CN(Cc3ccccc3)CCO2)c(=O)n1-c1cccc(C(F)(F)F)c1. The van der Waals surface area contributed by atoms with Gasteiger partial charge in [0.05, 0.1) is 12.2 Å². The summed E-state index contributed by atoms with van der Waals surface area (Å²) in [6, 6.07) is 17.3. The monoisotopic (exact) mass is 471 g/mol. The molecule has 1 amide bonds. The highest BCUT2D eigenvalue weighted by Crippen LogP contribution is 2.30. The Kier molecular flexibility index (Phi) is 6.85. The van der Waals surface area contributed by atoms with Gasteiger partial charge in [-0.15, -0.1) is 0 Å². The summed E-state index contributed by atoms with van der Waals surface area (Å²) >= 11 is 0. The highest BCUT2D eigenvalue weighted by atomic mass is 19.4. The predicted octanol–water partition coefficient (Wildman–Crippen LogP) is 3.75. The molecule has 2 heterocycles. The zero-order valence-corrected chi connectivity index (χ0v) is 18.5. The molecule has 0 spiro atoms. The van der Waals surface area contributed by atoms with Crippen LogP contribution in [0, 0.1) is 6.92 Å². The Balaban J connectivity index is 1.53. The summed E-state index contributed by atoms with van der Waals surface area (Å²) < 4.78 is 46.2. The highest BCUT2D eigenvalue weighted by molar-refractivity contribution is 5.94. The van der Waals surface area contributed by atoms with Gasteiger partial charge in [-0.2, -0.15) is 13.2 Å². The van der Waals surface area contributed by atoms with Gasteiger partial charge in [-0.05, 0) is 42.8 Å². The Morgan fingerprint density at radius 1 is 1.09 bits per heavy atom. The smallest absolute Gasteiger partial charge is 0.356 e. The van der Waals surface area contributed by atoms with Crippen molar-refractivity contribution in [3.05, 3.63) is 99.5 Å². The van der Waals surface area contributed by atoms with E-state index in [-0.39, 0.29) is 11.3 Å². The van der Waals surface area contributed by atoms with Gasteiger partial charge in [0.1, 0.15) is 11.8 Å². The number of benzene rings is 2. The summed E-state index contributed by atoms with van der Waals surface area (Å²) in [5, 5.41) is 2.73. The first kappa shape index (κ1) is 23.7. The van der Waals surface area contributed by atoms with Crippen molar-refractivity contribution in [3.8, 4) is 5.69 Å². The number of hydrogen-bond acceptors (Lipinski definition) is 4. The van der Waals surface area contributed by atoms with Crippen LogP contribution in [0.25, 0.3) is 5.69 Å². The number of pyridine rings is 1. The van der Waals surface area contributed by atoms with Gasteiger partial charge in [-0.3, -0.25) is 19.1 Å². The minimum atomic E-state index is -4.55. The van der Waals surface area contributed by atoms with Crippen molar-refractivity contribution < 1.29 is 22.7 Å². The molecular weight excluding hydrogens is 447 g/mol. The molecule has 178 valence electrons. The number of amides is 1. The molecule has 0 radical (unpaired) electrons. The van der Waals surface area contributed by atoms with Crippen LogP contribution in [0.4, 0.5) is 13.2 Å². The number of morpholine rings is 1. The van der Waals surface area contributed by atoms with Crippen LogP contribution in [-0.2, 0) is 17.5 Å². The Morgan fingerprint density at radius 2 is 1.85 bits per heavy atom. The molecule has 1 aromatic heterocycles. The van der Waals surface area contributed by atoms with E-state index in [2.05, 4.69) is 10.2 Å². The van der Waals surface area contributed by atoms with Crippen LogP contribution in [0.2, 0.25) is 0 Å². The van der Waals surface area contributed by atoms with Crippen LogP contribution < -0.4 is 10.9 Å². The van der Waals surface area contributed by atoms with Crippen molar-refractivity contribution in [2.75, 3.05) is 19.7 Å². The molecule has 0 aliphatic carbocycles. The third kappa shape index (κ3) is 5.37. The summed E-state index contributed by atoms with van der Waals surface area (Å²) in [6.07, 6.45) is -5.17. The van der Waals surface area contributed by atoms with Crippen LogP contribution in [0.5, 0.6) is 0 Å². The lowest BCUT2D eigenvalue weighted by Gasteiger charge is -2.33. The fourth-order valence-electron chi connectivity index (χ4n) is 3.94. The molecule has 9 heteroatoms. The summed E-state index contributed by atoms with van der Waals surface area (Å²) in [5.41, 5.74) is -0.170. The third-order valence-electron chi connectivity index (χ3n) is 5.65. The van der Waals surface area contributed by atoms with Gasteiger partial charge in [0.2, 0.25) is 0 Å². The molecule has 1 atom stereocenters. The van der Waals surface area contributed by atoms with Crippen molar-refractivity contribution in [3.63, 3.8) is 0 Å². The maximum atomic E-state index is 13.2. The first-order chi connectivity index (χ1) is 16.2. The molecule has 1 saturated heterocycles. The molecule has 6 nitrogen and oxygen atoms in total. The number of hydrogen-bond donors (Lipinski definition) is 1. The van der Waals surface area contributed by atoms with E-state index in [1.807, 2.05) is 30.3 Å². The fraction of sp³-hybridized carbons (Fsp3) is 0.280. The minimum Gasteiger partial charge on any atom is -0.356 e. The number of nitrogens with one attached hydrogen (secondary N) is 1. The van der Waals surface area contributed by atoms with E-state index in [1.165, 1.54) is 24.3 Å². The number of nitrogens with zero attached hydrogens (tertiary/aromatic N) is 2. The van der Waals surface area contributed by atoms with Gasteiger partial charge < -0.3 is 10.1 Å². The first-order valence-corrected chi connectivity index (χ1v) is 10.8. The number of carbonyl (C=O) groups excluding carboxylic acids is 1. The van der Waals surface area contributed by atoms with Gasteiger partial charge in [-0.25, -0.2) is 0 Å². The molecule has 1 aliphatic heterocycles. The summed E-state index contributed by atoms with van der Waals surface area (Å²) in [6.45, 7) is 3.85. The van der Waals surface area contributed by atoms with Gasteiger partial charge in [-0.1, -0.05) is 36.4 Å². The van der Waals surface area contributed by atoms with Crippen molar-refractivity contribution in [2.24, 2.45) is 0 Å². The third-order valence-corrected chi connectivity index (χ3v) is 5.65. The van der Waals surface area contributed by atoms with Crippen molar-refractivity contribution >= 4 is 5.91 Å². The van der Waals surface area contributed by atoms with Gasteiger partial charge in [0.15, 0.2) is 0 Å². The summed E-state index contributed by atoms with van der Waals surface area (Å²) in [4.78, 5) is 28.2. The molecule has 3 aromatic rings. The normalized spacial score (nSPS) is 16.9. The number of alkyl halides is 3. The number of carbonyl (C=O) groups is 1. The standard InChI is InChI=1S/C25H24F3N3O3/c1-17-10-11-21(24(33)31(17)20-9-5-8-19(14-20)25(26,27)28)23(32)29-22-16-30(12-13-34-22)15-18-6-3-2-4-7-18/h2-11,14,22H,12-13,15-16H2,1H3,(H,29,32). The van der Waals surface area contributed by atoms with E-state index < -0.39 is 29.4 Å². The molecule has 34 heavy (non-hydrogen) atoms. The largest absolute Gasteiger partial charge is 0.416 e. The molecule has 2 aromatic carbocycles. The van der Waals surface area contributed by atoms with Crippen LogP contribution in [-0.4, -0.2) is 41.3 Å². The number of rotatable bonds is 5. The average Bonchev–Trinajstić information content (AvgIpc) is 2.80. The molecule has 1 aliphatic rings. The Labute approximate surface area is 194 Å². The summed E-state index contributed by atoms with van der Waals surface area (Å²) in [7, 11) is 0. The van der Waals surface area contributed by atoms with Crippen molar-refractivity contribution in [1.82, 2.24) is 14.8 Å². The fourth-order valence-corrected chi connectivity index (χ4v) is 3.94. The van der Waals surface area contributed by atoms with Gasteiger partial charge >= 0.3 is 6.18 Å². The van der Waals surface area contributed by atoms with Crippen molar-refractivity contribution in [2.45, 2.75) is 25.9 Å². The Morgan fingerprint density at radius 3 is 2.59 bits per heavy atom. The van der Waals surface area contributed by atoms with Crippen LogP contribution in [0.15, 0.2) is 71.5 Å². The number of halogens is 3. The maximum Gasteiger partial charge on any atom is 0.416 e. The molecule has 0 saturated carbocycles. The lowest BCUT2D eigenvalue weighted by atomic mass is 10.1. The second-order valence-electron chi connectivity index (χ2n) is 8.13. The Bertz CT molecular complexity index is 1230. The van der Waals surface area contributed by atoms with Gasteiger partial charge in [0.25, 0.3) is 11.5 Å². The molecule has 1 unspecified atom stereocenters. The lowest BCUT2D eigenvalue weighted by molar-refractivity contribution is -0.137. The lowest BCUT2D eigenvalue weighted by Crippen LogP contribution is -2.51. The minimum absolute atomic E-state index is 0.0370. The second-order valence-corrected chi connectivity index (χ2v) is 8.13. The molecule has 1 fully saturated rings. The van der Waals surface area contributed by atoms with E-state index in [0.717, 1.165) is 22.3 Å². The zero-order valence-electron chi connectivity index (χ0n) is 18.5. The van der Waals surface area contributed by atoms with E-state index in [1.54, 1.807) is 6.92 Å². The molecular formula is C25H24F3N3O3. The highest BCUT2D eigenvalue weighted by Gasteiger charge is 2.31. The maximum absolute atomic E-state index is 13.2.